The highest BCUT2D eigenvalue weighted by atomic mass is 19.1. The van der Waals surface area contributed by atoms with Crippen LogP contribution in [0.25, 0.3) is 6.08 Å². The van der Waals surface area contributed by atoms with Gasteiger partial charge >= 0.3 is 12.0 Å². The Morgan fingerprint density at radius 1 is 1.57 bits per heavy atom. The lowest BCUT2D eigenvalue weighted by atomic mass is 10.3. The van der Waals surface area contributed by atoms with Gasteiger partial charge in [0.2, 0.25) is 0 Å². The summed E-state index contributed by atoms with van der Waals surface area (Å²) in [6, 6.07) is 0. The molecule has 0 spiro atoms. The maximum Gasteiger partial charge on any atom is 0.309 e. The number of esters is 1. The summed E-state index contributed by atoms with van der Waals surface area (Å²) in [6.45, 7) is 0. The van der Waals surface area contributed by atoms with Gasteiger partial charge < -0.3 is 4.74 Å². The van der Waals surface area contributed by atoms with Crippen molar-refractivity contribution in [3.8, 4) is 0 Å². The molecule has 1 aromatic heterocycles. The maximum atomic E-state index is 12.3. The van der Waals surface area contributed by atoms with Crippen molar-refractivity contribution in [1.29, 1.82) is 0 Å². The second kappa shape index (κ2) is 5.06. The molecule has 4 nitrogen and oxygen atoms in total. The first-order valence-electron chi connectivity index (χ1n) is 3.93. The van der Waals surface area contributed by atoms with Crippen LogP contribution in [0, 0.1) is 6.08 Å². The Bertz CT molecular complexity index is 335. The van der Waals surface area contributed by atoms with Crippen molar-refractivity contribution in [2.24, 2.45) is 0 Å². The van der Waals surface area contributed by atoms with E-state index in [1.807, 2.05) is 0 Å². The van der Waals surface area contributed by atoms with Crippen LogP contribution in [0.15, 0.2) is 18.5 Å². The van der Waals surface area contributed by atoms with Crippen LogP contribution in [0.2, 0.25) is 0 Å². The normalized spacial score (nSPS) is 10.4. The third-order valence-corrected chi connectivity index (χ3v) is 1.46. The number of ether oxygens (including phenoxy) is 1. The van der Waals surface area contributed by atoms with Crippen LogP contribution in [-0.4, -0.2) is 23.0 Å². The third-order valence-electron chi connectivity index (χ3n) is 1.46. The molecule has 1 aromatic rings. The zero-order valence-electron chi connectivity index (χ0n) is 7.61. The van der Waals surface area contributed by atoms with E-state index in [0.29, 0.717) is 5.56 Å². The molecule has 0 unspecified atom stereocenters. The minimum Gasteiger partial charge on any atom is -0.469 e. The highest BCUT2D eigenvalue weighted by Crippen LogP contribution is 1.99. The van der Waals surface area contributed by atoms with E-state index in [1.165, 1.54) is 19.5 Å². The summed E-state index contributed by atoms with van der Waals surface area (Å²) >= 11 is 0. The molecule has 0 aromatic carbocycles. The molecule has 0 aliphatic rings. The fourth-order valence-electron chi connectivity index (χ4n) is 0.783. The standard InChI is InChI=1S/C9H9FN2O2/c1-14-8(13)4-2-3-7-5-11-9(10)12-6-7/h2-3,5-6H,4H2,1H3. The van der Waals surface area contributed by atoms with Crippen molar-refractivity contribution in [3.63, 3.8) is 0 Å². The van der Waals surface area contributed by atoms with Gasteiger partial charge in [0.15, 0.2) is 0 Å². The van der Waals surface area contributed by atoms with Gasteiger partial charge in [0.25, 0.3) is 0 Å². The van der Waals surface area contributed by atoms with E-state index in [2.05, 4.69) is 14.7 Å². The van der Waals surface area contributed by atoms with Crippen LogP contribution >= 0.6 is 0 Å². The molecule has 0 atom stereocenters. The second-order valence-electron chi connectivity index (χ2n) is 2.47. The quantitative estimate of drug-likeness (QED) is 0.538. The van der Waals surface area contributed by atoms with Gasteiger partial charge in [0, 0.05) is 18.0 Å². The Kier molecular flexibility index (Phi) is 3.72. The molecular formula is C9H9FN2O2. The van der Waals surface area contributed by atoms with E-state index in [0.717, 1.165) is 0 Å². The van der Waals surface area contributed by atoms with Crippen LogP contribution in [0.4, 0.5) is 4.39 Å². The van der Waals surface area contributed by atoms with Gasteiger partial charge in [0.1, 0.15) is 0 Å². The van der Waals surface area contributed by atoms with Gasteiger partial charge in [-0.25, -0.2) is 9.97 Å². The molecule has 0 fully saturated rings. The van der Waals surface area contributed by atoms with Crippen LogP contribution in [-0.2, 0) is 9.53 Å². The SMILES string of the molecule is COC(=O)CC=Cc1cnc(F)nc1. The molecule has 0 saturated carbocycles. The second-order valence-corrected chi connectivity index (χ2v) is 2.47. The fraction of sp³-hybridized carbons (Fsp3) is 0.222. The summed E-state index contributed by atoms with van der Waals surface area (Å²) in [5.41, 5.74) is 0.635. The topological polar surface area (TPSA) is 52.1 Å². The summed E-state index contributed by atoms with van der Waals surface area (Å²) in [5, 5.41) is 0. The summed E-state index contributed by atoms with van der Waals surface area (Å²) in [7, 11) is 1.32. The van der Waals surface area contributed by atoms with Gasteiger partial charge in [-0.1, -0.05) is 12.2 Å². The Hall–Kier alpha value is -1.78. The molecule has 1 rings (SSSR count). The first-order valence-corrected chi connectivity index (χ1v) is 3.93. The molecule has 74 valence electrons. The van der Waals surface area contributed by atoms with Gasteiger partial charge in [-0.2, -0.15) is 4.39 Å². The number of methoxy groups -OCH3 is 1. The monoisotopic (exact) mass is 196 g/mol. The van der Waals surface area contributed by atoms with E-state index in [9.17, 15) is 9.18 Å². The summed E-state index contributed by atoms with van der Waals surface area (Å²) in [4.78, 5) is 17.4. The Balaban J connectivity index is 2.52. The van der Waals surface area contributed by atoms with Crippen molar-refractivity contribution >= 4 is 12.0 Å². The number of rotatable bonds is 3. The molecule has 0 radical (unpaired) electrons. The van der Waals surface area contributed by atoms with Crippen LogP contribution in [0.1, 0.15) is 12.0 Å². The minimum atomic E-state index is -0.768. The molecule has 0 aliphatic carbocycles. The van der Waals surface area contributed by atoms with Gasteiger partial charge in [-0.3, -0.25) is 4.79 Å². The molecule has 1 heterocycles. The zero-order valence-corrected chi connectivity index (χ0v) is 7.61. The van der Waals surface area contributed by atoms with Crippen molar-refractivity contribution in [2.45, 2.75) is 6.42 Å². The van der Waals surface area contributed by atoms with E-state index < -0.39 is 6.08 Å². The number of aromatic nitrogens is 2. The first kappa shape index (κ1) is 10.3. The van der Waals surface area contributed by atoms with Gasteiger partial charge in [-0.15, -0.1) is 0 Å². The number of hydrogen-bond acceptors (Lipinski definition) is 4. The summed E-state index contributed by atoms with van der Waals surface area (Å²) in [6.07, 6.45) is 5.29. The molecule has 0 saturated heterocycles. The fourth-order valence-corrected chi connectivity index (χ4v) is 0.783. The number of carbonyl (C=O) groups excluding carboxylic acids is 1. The molecule has 0 N–H and O–H groups in total. The molecular weight excluding hydrogens is 187 g/mol. The molecule has 5 heteroatoms. The zero-order chi connectivity index (χ0) is 10.4. The van der Waals surface area contributed by atoms with Gasteiger partial charge in [-0.05, 0) is 0 Å². The number of hydrogen-bond donors (Lipinski definition) is 0. The van der Waals surface area contributed by atoms with E-state index in [-0.39, 0.29) is 12.4 Å². The minimum absolute atomic E-state index is 0.174. The lowest BCUT2D eigenvalue weighted by Gasteiger charge is -1.92. The van der Waals surface area contributed by atoms with Crippen molar-refractivity contribution in [3.05, 3.63) is 30.1 Å². The summed E-state index contributed by atoms with van der Waals surface area (Å²) in [5.74, 6) is -0.329. The van der Waals surface area contributed by atoms with Gasteiger partial charge in [0.05, 0.1) is 13.5 Å². The molecule has 14 heavy (non-hydrogen) atoms. The van der Waals surface area contributed by atoms with E-state index in [4.69, 9.17) is 0 Å². The largest absolute Gasteiger partial charge is 0.469 e. The first-order chi connectivity index (χ1) is 6.72. The Morgan fingerprint density at radius 2 is 2.21 bits per heavy atom. The van der Waals surface area contributed by atoms with Crippen molar-refractivity contribution in [1.82, 2.24) is 9.97 Å². The Morgan fingerprint density at radius 3 is 2.79 bits per heavy atom. The van der Waals surface area contributed by atoms with E-state index >= 15 is 0 Å². The number of nitrogens with zero attached hydrogens (tertiary/aromatic N) is 2. The van der Waals surface area contributed by atoms with Crippen molar-refractivity contribution < 1.29 is 13.9 Å². The van der Waals surface area contributed by atoms with Crippen LogP contribution in [0.3, 0.4) is 0 Å². The average molecular weight is 196 g/mol. The molecule has 0 aliphatic heterocycles. The molecule has 0 amide bonds. The number of carbonyl (C=O) groups is 1. The smallest absolute Gasteiger partial charge is 0.309 e. The maximum absolute atomic E-state index is 12.3. The molecule has 0 bridgehead atoms. The lowest BCUT2D eigenvalue weighted by Crippen LogP contribution is -1.96. The van der Waals surface area contributed by atoms with Crippen LogP contribution < -0.4 is 0 Å². The lowest BCUT2D eigenvalue weighted by molar-refractivity contribution is -0.139. The third kappa shape index (κ3) is 3.30. The number of halogens is 1. The predicted molar refractivity (Wildman–Crippen MR) is 47.7 cm³/mol. The predicted octanol–water partition coefficient (Wildman–Crippen LogP) is 1.19. The van der Waals surface area contributed by atoms with Crippen molar-refractivity contribution in [2.75, 3.05) is 7.11 Å². The van der Waals surface area contributed by atoms with Crippen LogP contribution in [0.5, 0.6) is 0 Å². The highest BCUT2D eigenvalue weighted by molar-refractivity contribution is 5.72. The average Bonchev–Trinajstić information content (AvgIpc) is 2.21. The highest BCUT2D eigenvalue weighted by Gasteiger charge is 1.95. The van der Waals surface area contributed by atoms with E-state index in [1.54, 1.807) is 12.2 Å². The Labute approximate surface area is 80.4 Å². The summed E-state index contributed by atoms with van der Waals surface area (Å²) < 4.78 is 16.7.